The fraction of sp³-hybridized carbons (Fsp3) is 0.419. The zero-order valence-electron chi connectivity index (χ0n) is 24.0. The van der Waals surface area contributed by atoms with Gasteiger partial charge < -0.3 is 20.3 Å². The van der Waals surface area contributed by atoms with Gasteiger partial charge in [0.1, 0.15) is 5.75 Å². The van der Waals surface area contributed by atoms with Gasteiger partial charge in [-0.25, -0.2) is 13.1 Å². The van der Waals surface area contributed by atoms with Gasteiger partial charge in [0.2, 0.25) is 10.0 Å². The van der Waals surface area contributed by atoms with Crippen LogP contribution in [-0.4, -0.2) is 61.1 Å². The molecule has 1 heterocycles. The molecular weight excluding hydrogens is 613 g/mol. The average molecular weight is 655 g/mol. The lowest BCUT2D eigenvalue weighted by Gasteiger charge is -2.24. The van der Waals surface area contributed by atoms with E-state index >= 15 is 0 Å². The molecule has 0 unspecified atom stereocenters. The lowest BCUT2D eigenvalue weighted by molar-refractivity contribution is 0.0969. The molecule has 9 nitrogen and oxygen atoms in total. The monoisotopic (exact) mass is 653 g/mol. The largest absolute Gasteiger partial charge is 0.490 e. The number of aromatic nitrogens is 1. The molecule has 1 aliphatic rings. The number of amides is 1. The molecular formula is C31H41Cl2N3O6S. The number of halogens is 2. The summed E-state index contributed by atoms with van der Waals surface area (Å²) in [7, 11) is -3.87. The Bertz CT molecular complexity index is 1370. The summed E-state index contributed by atoms with van der Waals surface area (Å²) in [5.74, 6) is -0.708. The molecule has 0 saturated heterocycles. The first-order valence-electron chi connectivity index (χ1n) is 14.2. The minimum Gasteiger partial charge on any atom is -0.490 e. The zero-order valence-corrected chi connectivity index (χ0v) is 26.4. The number of sulfonamides is 1. The van der Waals surface area contributed by atoms with Crippen molar-refractivity contribution < 1.29 is 28.2 Å². The number of pyridine rings is 1. The molecule has 1 amide bonds. The van der Waals surface area contributed by atoms with Crippen molar-refractivity contribution in [2.75, 3.05) is 25.4 Å². The van der Waals surface area contributed by atoms with Crippen LogP contribution in [0.1, 0.15) is 66.1 Å². The third-order valence-electron chi connectivity index (χ3n) is 7.18. The Morgan fingerprint density at radius 3 is 2.42 bits per heavy atom. The van der Waals surface area contributed by atoms with Crippen LogP contribution < -0.4 is 14.8 Å². The van der Waals surface area contributed by atoms with Gasteiger partial charge in [-0.1, -0.05) is 42.8 Å². The van der Waals surface area contributed by atoms with Crippen LogP contribution in [0.5, 0.6) is 5.75 Å². The number of hydrogen-bond donors (Lipinski definition) is 4. The molecule has 0 aliphatic heterocycles. The van der Waals surface area contributed by atoms with Crippen molar-refractivity contribution in [3.05, 3.63) is 83.7 Å². The standard InChI is InChI=1S/C31H39N3O6S.2ClH/c35-18-5-19-41(38,39)34-31(37)28-14-13-25(20-30(28)40-27-7-2-1-3-8-27)24-11-9-23(10-12-24)15-17-33-22-29(36)26-6-4-16-32-21-26;;/h4,6,9-14,16,20-21,27,29,33,35-36H,1-3,5,7-8,15,17-19,22H2,(H,34,37);2*1H/t29-;;/m0../s1. The fourth-order valence-electron chi connectivity index (χ4n) is 4.88. The second-order valence-electron chi connectivity index (χ2n) is 10.4. The molecule has 0 radical (unpaired) electrons. The highest BCUT2D eigenvalue weighted by Gasteiger charge is 2.23. The summed E-state index contributed by atoms with van der Waals surface area (Å²) in [6.45, 7) is 0.877. The van der Waals surface area contributed by atoms with Crippen LogP contribution in [0.2, 0.25) is 0 Å². The predicted molar refractivity (Wildman–Crippen MR) is 173 cm³/mol. The van der Waals surface area contributed by atoms with Crippen LogP contribution in [0.25, 0.3) is 11.1 Å². The number of nitrogens with one attached hydrogen (secondary N) is 2. The summed E-state index contributed by atoms with van der Waals surface area (Å²) in [4.78, 5) is 17.0. The molecule has 1 aliphatic carbocycles. The Kier molecular flexibility index (Phi) is 15.4. The van der Waals surface area contributed by atoms with Crippen molar-refractivity contribution in [1.29, 1.82) is 0 Å². The van der Waals surface area contributed by atoms with Crippen LogP contribution in [0.4, 0.5) is 0 Å². The normalized spacial score (nSPS) is 14.2. The third kappa shape index (κ3) is 11.4. The van der Waals surface area contributed by atoms with Crippen molar-refractivity contribution in [2.45, 2.75) is 57.2 Å². The minimum absolute atomic E-state index is 0. The van der Waals surface area contributed by atoms with Crippen LogP contribution in [0.3, 0.4) is 0 Å². The first kappa shape index (κ1) is 36.5. The van der Waals surface area contributed by atoms with Gasteiger partial charge in [-0.2, -0.15) is 0 Å². The molecule has 236 valence electrons. The quantitative estimate of drug-likeness (QED) is 0.185. The lowest BCUT2D eigenvalue weighted by atomic mass is 9.97. The summed E-state index contributed by atoms with van der Waals surface area (Å²) in [6, 6.07) is 17.0. The van der Waals surface area contributed by atoms with Crippen molar-refractivity contribution in [3.63, 3.8) is 0 Å². The van der Waals surface area contributed by atoms with Gasteiger partial charge in [-0.05, 0) is 80.0 Å². The van der Waals surface area contributed by atoms with E-state index in [0.717, 1.165) is 60.8 Å². The van der Waals surface area contributed by atoms with E-state index in [9.17, 15) is 18.3 Å². The van der Waals surface area contributed by atoms with E-state index in [-0.39, 0.29) is 55.3 Å². The Morgan fingerprint density at radius 1 is 1.02 bits per heavy atom. The maximum Gasteiger partial charge on any atom is 0.268 e. The summed E-state index contributed by atoms with van der Waals surface area (Å²) >= 11 is 0. The number of carbonyl (C=O) groups excluding carboxylic acids is 1. The number of carbonyl (C=O) groups is 1. The summed E-state index contributed by atoms with van der Waals surface area (Å²) in [5, 5.41) is 22.5. The third-order valence-corrected chi connectivity index (χ3v) is 8.50. The van der Waals surface area contributed by atoms with Crippen molar-refractivity contribution >= 4 is 40.7 Å². The van der Waals surface area contributed by atoms with Gasteiger partial charge in [0.25, 0.3) is 5.91 Å². The van der Waals surface area contributed by atoms with Crippen molar-refractivity contribution in [1.82, 2.24) is 15.0 Å². The number of ether oxygens (including phenoxy) is 1. The number of benzene rings is 2. The highest BCUT2D eigenvalue weighted by Crippen LogP contribution is 2.31. The van der Waals surface area contributed by atoms with Crippen LogP contribution >= 0.6 is 24.8 Å². The van der Waals surface area contributed by atoms with E-state index in [1.165, 1.54) is 0 Å². The molecule has 2 aromatic carbocycles. The molecule has 1 saturated carbocycles. The topological polar surface area (TPSA) is 138 Å². The molecule has 0 spiro atoms. The van der Waals surface area contributed by atoms with Gasteiger partial charge >= 0.3 is 0 Å². The van der Waals surface area contributed by atoms with E-state index in [2.05, 4.69) is 15.0 Å². The number of aliphatic hydroxyl groups excluding tert-OH is 2. The van der Waals surface area contributed by atoms with Gasteiger partial charge in [0, 0.05) is 31.1 Å². The molecule has 0 bridgehead atoms. The first-order chi connectivity index (χ1) is 19.8. The Morgan fingerprint density at radius 2 is 1.74 bits per heavy atom. The maximum absolute atomic E-state index is 13.0. The van der Waals surface area contributed by atoms with Crippen LogP contribution in [-0.2, 0) is 16.4 Å². The molecule has 4 rings (SSSR count). The zero-order chi connectivity index (χ0) is 29.1. The van der Waals surface area contributed by atoms with Gasteiger partial charge in [0.15, 0.2) is 0 Å². The maximum atomic E-state index is 13.0. The fourth-order valence-corrected chi connectivity index (χ4v) is 5.88. The van der Waals surface area contributed by atoms with E-state index in [1.54, 1.807) is 36.7 Å². The second kappa shape index (κ2) is 18.2. The number of rotatable bonds is 14. The molecule has 1 atom stereocenters. The Hall–Kier alpha value is -2.73. The SMILES string of the molecule is Cl.Cl.O=C(NS(=O)(=O)CCCO)c1ccc(-c2ccc(CCNC[C@H](O)c3cccnc3)cc2)cc1OC1CCCCC1. The summed E-state index contributed by atoms with van der Waals surface area (Å²) in [6.07, 6.45) is 8.60. The van der Waals surface area contributed by atoms with Gasteiger partial charge in [0.05, 0.1) is 23.5 Å². The van der Waals surface area contributed by atoms with E-state index in [4.69, 9.17) is 9.84 Å². The molecule has 43 heavy (non-hydrogen) atoms. The minimum atomic E-state index is -3.87. The Labute approximate surface area is 266 Å². The number of aliphatic hydroxyl groups is 2. The van der Waals surface area contributed by atoms with Crippen molar-refractivity contribution in [3.8, 4) is 16.9 Å². The predicted octanol–water partition coefficient (Wildman–Crippen LogP) is 4.61. The lowest BCUT2D eigenvalue weighted by Crippen LogP contribution is -2.33. The molecule has 1 aromatic heterocycles. The van der Waals surface area contributed by atoms with Crippen LogP contribution in [0, 0.1) is 0 Å². The van der Waals surface area contributed by atoms with Crippen molar-refractivity contribution in [2.24, 2.45) is 0 Å². The molecule has 3 aromatic rings. The summed E-state index contributed by atoms with van der Waals surface area (Å²) in [5.41, 5.74) is 3.90. The second-order valence-corrected chi connectivity index (χ2v) is 12.2. The highest BCUT2D eigenvalue weighted by atomic mass is 35.5. The highest BCUT2D eigenvalue weighted by molar-refractivity contribution is 7.90. The number of hydrogen-bond acceptors (Lipinski definition) is 8. The van der Waals surface area contributed by atoms with E-state index < -0.39 is 22.0 Å². The average Bonchev–Trinajstić information content (AvgIpc) is 2.99. The van der Waals surface area contributed by atoms with Gasteiger partial charge in [-0.3, -0.25) is 9.78 Å². The van der Waals surface area contributed by atoms with E-state index in [1.807, 2.05) is 30.3 Å². The molecule has 12 heteroatoms. The van der Waals surface area contributed by atoms with Crippen LogP contribution in [0.15, 0.2) is 67.0 Å². The Balaban J connectivity index is 0.00000323. The summed E-state index contributed by atoms with van der Waals surface area (Å²) < 4.78 is 33.0. The number of nitrogens with zero attached hydrogens (tertiary/aromatic N) is 1. The van der Waals surface area contributed by atoms with E-state index in [0.29, 0.717) is 18.8 Å². The smallest absolute Gasteiger partial charge is 0.268 e. The molecule has 4 N–H and O–H groups in total. The first-order valence-corrected chi connectivity index (χ1v) is 15.8. The van der Waals surface area contributed by atoms with Gasteiger partial charge in [-0.15, -0.1) is 24.8 Å². The molecule has 1 fully saturated rings.